The first kappa shape index (κ1) is 16.8. The van der Waals surface area contributed by atoms with Crippen molar-refractivity contribution in [2.24, 2.45) is 11.3 Å². The number of hydrogen-bond acceptors (Lipinski definition) is 5. The van der Waals surface area contributed by atoms with E-state index < -0.39 is 0 Å². The molecule has 1 amide bonds. The van der Waals surface area contributed by atoms with E-state index in [2.05, 4.69) is 0 Å². The normalized spacial score (nSPS) is 26.0. The number of hydrogen-bond donors (Lipinski definition) is 1. The molecule has 134 valence electrons. The fourth-order valence-electron chi connectivity index (χ4n) is 3.95. The summed E-state index contributed by atoms with van der Waals surface area (Å²) in [5.41, 5.74) is -0.162. The number of nitrogens with zero attached hydrogens (tertiary/aromatic N) is 1. The molecule has 25 heavy (non-hydrogen) atoms. The summed E-state index contributed by atoms with van der Waals surface area (Å²) in [6.45, 7) is 2.80. The largest absolute Gasteiger partial charge is 0.460 e. The second-order valence-corrected chi connectivity index (χ2v) is 8.01. The maximum Gasteiger partial charge on any atom is 0.223 e. The van der Waals surface area contributed by atoms with Crippen LogP contribution in [0.1, 0.15) is 18.6 Å². The van der Waals surface area contributed by atoms with Crippen molar-refractivity contribution >= 4 is 17.2 Å². The monoisotopic (exact) mass is 361 g/mol. The maximum absolute atomic E-state index is 12.6. The summed E-state index contributed by atoms with van der Waals surface area (Å²) in [6, 6.07) is 7.95. The molecule has 2 saturated heterocycles. The van der Waals surface area contributed by atoms with Crippen molar-refractivity contribution < 1.29 is 19.1 Å². The Hall–Kier alpha value is -1.63. The quantitative estimate of drug-likeness (QED) is 0.889. The molecule has 6 heteroatoms. The van der Waals surface area contributed by atoms with Gasteiger partial charge in [-0.2, -0.15) is 0 Å². The number of fused-ring (bicyclic) bond motifs is 1. The lowest BCUT2D eigenvalue weighted by molar-refractivity contribution is -0.130. The topological polar surface area (TPSA) is 62.9 Å². The van der Waals surface area contributed by atoms with E-state index in [1.165, 1.54) is 0 Å². The Morgan fingerprint density at radius 1 is 1.40 bits per heavy atom. The number of likely N-dealkylation sites (tertiary alicyclic amines) is 1. The Labute approximate surface area is 151 Å². The third-order valence-corrected chi connectivity index (χ3v) is 6.44. The van der Waals surface area contributed by atoms with Gasteiger partial charge in [0.05, 0.1) is 18.1 Å². The lowest BCUT2D eigenvalue weighted by atomic mass is 9.75. The highest BCUT2D eigenvalue weighted by atomic mass is 32.1. The van der Waals surface area contributed by atoms with E-state index in [9.17, 15) is 9.90 Å². The van der Waals surface area contributed by atoms with Crippen molar-refractivity contribution in [1.29, 1.82) is 0 Å². The summed E-state index contributed by atoms with van der Waals surface area (Å²) in [6.07, 6.45) is 1.88. The second-order valence-electron chi connectivity index (χ2n) is 7.06. The molecule has 2 aromatic heterocycles. The van der Waals surface area contributed by atoms with Gasteiger partial charge in [0.25, 0.3) is 0 Å². The lowest BCUT2D eigenvalue weighted by Crippen LogP contribution is -2.41. The first-order valence-electron chi connectivity index (χ1n) is 8.79. The van der Waals surface area contributed by atoms with E-state index >= 15 is 0 Å². The van der Waals surface area contributed by atoms with E-state index in [1.54, 1.807) is 11.3 Å². The molecular formula is C19H23NO4S. The zero-order chi connectivity index (χ0) is 17.3. The fourth-order valence-corrected chi connectivity index (χ4v) is 4.63. The third-order valence-electron chi connectivity index (χ3n) is 5.55. The van der Waals surface area contributed by atoms with E-state index in [0.717, 1.165) is 22.8 Å². The van der Waals surface area contributed by atoms with Crippen LogP contribution in [0.3, 0.4) is 0 Å². The molecule has 5 nitrogen and oxygen atoms in total. The molecule has 0 bridgehead atoms. The standard InChI is InChI=1S/C19H23NO4S/c21-13-19-7-8-23-11-14(19)10-20(12-19)18(22)6-4-15-3-5-16(24-15)17-2-1-9-25-17/h1-3,5,9,14,21H,4,6-8,10-13H2/t14-,19-/m1/s1. The van der Waals surface area contributed by atoms with E-state index in [1.807, 2.05) is 34.5 Å². The summed E-state index contributed by atoms with van der Waals surface area (Å²) in [5.74, 6) is 2.09. The SMILES string of the molecule is O=C(CCc1ccc(-c2cccs2)o1)N1C[C@@H]2COCC[C@]2(CO)C1. The van der Waals surface area contributed by atoms with Crippen LogP contribution in [0.2, 0.25) is 0 Å². The van der Waals surface area contributed by atoms with Gasteiger partial charge in [-0.05, 0) is 30.0 Å². The predicted octanol–water partition coefficient (Wildman–Crippen LogP) is 2.80. The molecular weight excluding hydrogens is 338 g/mol. The van der Waals surface area contributed by atoms with Gasteiger partial charge in [-0.25, -0.2) is 0 Å². The van der Waals surface area contributed by atoms with Gasteiger partial charge >= 0.3 is 0 Å². The van der Waals surface area contributed by atoms with Crippen molar-refractivity contribution in [3.05, 3.63) is 35.4 Å². The number of aryl methyl sites for hydroxylation is 1. The van der Waals surface area contributed by atoms with Crippen LogP contribution in [0.15, 0.2) is 34.1 Å². The molecule has 0 radical (unpaired) electrons. The van der Waals surface area contributed by atoms with Gasteiger partial charge in [-0.15, -0.1) is 11.3 Å². The second kappa shape index (κ2) is 6.94. The highest BCUT2D eigenvalue weighted by Crippen LogP contribution is 2.41. The van der Waals surface area contributed by atoms with E-state index in [0.29, 0.717) is 39.1 Å². The molecule has 0 saturated carbocycles. The maximum atomic E-state index is 12.6. The number of amides is 1. The minimum Gasteiger partial charge on any atom is -0.460 e. The first-order valence-corrected chi connectivity index (χ1v) is 9.67. The van der Waals surface area contributed by atoms with Crippen LogP contribution in [0.4, 0.5) is 0 Å². The molecule has 4 rings (SSSR count). The summed E-state index contributed by atoms with van der Waals surface area (Å²) < 4.78 is 11.4. The van der Waals surface area contributed by atoms with Crippen LogP contribution in [-0.4, -0.2) is 48.8 Å². The molecule has 2 aliphatic rings. The lowest BCUT2D eigenvalue weighted by Gasteiger charge is -2.36. The number of ether oxygens (including phenoxy) is 1. The minimum atomic E-state index is -0.162. The van der Waals surface area contributed by atoms with Gasteiger partial charge in [-0.3, -0.25) is 4.79 Å². The Morgan fingerprint density at radius 2 is 2.32 bits per heavy atom. The molecule has 1 N–H and O–H groups in total. The molecule has 0 spiro atoms. The van der Waals surface area contributed by atoms with Crippen LogP contribution >= 0.6 is 11.3 Å². The van der Waals surface area contributed by atoms with Crippen molar-refractivity contribution in [1.82, 2.24) is 4.90 Å². The predicted molar refractivity (Wildman–Crippen MR) is 95.4 cm³/mol. The zero-order valence-electron chi connectivity index (χ0n) is 14.1. The summed E-state index contributed by atoms with van der Waals surface area (Å²) >= 11 is 1.64. The van der Waals surface area contributed by atoms with Crippen LogP contribution in [-0.2, 0) is 16.0 Å². The van der Waals surface area contributed by atoms with Gasteiger partial charge in [-0.1, -0.05) is 6.07 Å². The van der Waals surface area contributed by atoms with Gasteiger partial charge in [0.1, 0.15) is 11.5 Å². The fraction of sp³-hybridized carbons (Fsp3) is 0.526. The zero-order valence-corrected chi connectivity index (χ0v) is 15.0. The number of aliphatic hydroxyl groups is 1. The molecule has 0 aromatic carbocycles. The molecule has 4 heterocycles. The molecule has 2 aliphatic heterocycles. The number of furan rings is 1. The molecule has 0 aliphatic carbocycles. The van der Waals surface area contributed by atoms with E-state index in [4.69, 9.17) is 9.15 Å². The van der Waals surface area contributed by atoms with Crippen LogP contribution in [0, 0.1) is 11.3 Å². The Bertz CT molecular complexity index is 726. The Kier molecular flexibility index (Phi) is 4.67. The van der Waals surface area contributed by atoms with Crippen LogP contribution in [0.25, 0.3) is 10.6 Å². The van der Waals surface area contributed by atoms with Crippen LogP contribution in [0.5, 0.6) is 0 Å². The third kappa shape index (κ3) is 3.26. The minimum absolute atomic E-state index is 0.132. The summed E-state index contributed by atoms with van der Waals surface area (Å²) in [7, 11) is 0. The summed E-state index contributed by atoms with van der Waals surface area (Å²) in [4.78, 5) is 15.6. The Morgan fingerprint density at radius 3 is 3.08 bits per heavy atom. The smallest absolute Gasteiger partial charge is 0.223 e. The highest BCUT2D eigenvalue weighted by Gasteiger charge is 2.49. The van der Waals surface area contributed by atoms with Gasteiger partial charge < -0.3 is 19.2 Å². The number of rotatable bonds is 5. The van der Waals surface area contributed by atoms with Gasteiger partial charge in [0.15, 0.2) is 0 Å². The Balaban J connectivity index is 1.35. The highest BCUT2D eigenvalue weighted by molar-refractivity contribution is 7.13. The number of carbonyl (C=O) groups excluding carboxylic acids is 1. The van der Waals surface area contributed by atoms with Crippen molar-refractivity contribution in [2.45, 2.75) is 19.3 Å². The van der Waals surface area contributed by atoms with Gasteiger partial charge in [0, 0.05) is 43.9 Å². The van der Waals surface area contributed by atoms with Crippen molar-refractivity contribution in [2.75, 3.05) is 32.9 Å². The van der Waals surface area contributed by atoms with Crippen molar-refractivity contribution in [3.8, 4) is 10.6 Å². The first-order chi connectivity index (χ1) is 12.2. The van der Waals surface area contributed by atoms with Gasteiger partial charge in [0.2, 0.25) is 5.91 Å². The average molecular weight is 361 g/mol. The number of thiophene rings is 1. The molecule has 0 unspecified atom stereocenters. The van der Waals surface area contributed by atoms with E-state index in [-0.39, 0.29) is 23.8 Å². The molecule has 2 fully saturated rings. The molecule has 2 atom stereocenters. The average Bonchev–Trinajstić information content (AvgIpc) is 3.38. The van der Waals surface area contributed by atoms with Crippen LogP contribution < -0.4 is 0 Å². The number of carbonyl (C=O) groups is 1. The summed E-state index contributed by atoms with van der Waals surface area (Å²) in [5, 5.41) is 11.9. The van der Waals surface area contributed by atoms with Crippen molar-refractivity contribution in [3.63, 3.8) is 0 Å². The molecule has 2 aromatic rings. The number of aliphatic hydroxyl groups excluding tert-OH is 1.